The van der Waals surface area contributed by atoms with Gasteiger partial charge >= 0.3 is 0 Å². The Morgan fingerprint density at radius 3 is 2.70 bits per heavy atom. The number of nitrogens with zero attached hydrogens (tertiary/aromatic N) is 2. The van der Waals surface area contributed by atoms with E-state index >= 15 is 0 Å². The maximum atomic E-state index is 12.2. The van der Waals surface area contributed by atoms with E-state index in [1.807, 2.05) is 56.4 Å². The Morgan fingerprint density at radius 1 is 1.30 bits per heavy atom. The number of thiazole rings is 1. The molecule has 20 heavy (non-hydrogen) atoms. The predicted molar refractivity (Wildman–Crippen MR) is 83.4 cm³/mol. The van der Waals surface area contributed by atoms with Crippen LogP contribution in [-0.2, 0) is 6.54 Å². The van der Waals surface area contributed by atoms with Crippen LogP contribution >= 0.6 is 11.3 Å². The lowest BCUT2D eigenvalue weighted by molar-refractivity contribution is 0.102. The van der Waals surface area contributed by atoms with Crippen LogP contribution in [0.25, 0.3) is 0 Å². The Bertz CT molecular complexity index is 619. The van der Waals surface area contributed by atoms with Gasteiger partial charge in [0.2, 0.25) is 0 Å². The molecule has 0 atom stereocenters. The van der Waals surface area contributed by atoms with Crippen molar-refractivity contribution in [1.82, 2.24) is 9.88 Å². The third kappa shape index (κ3) is 3.65. The van der Waals surface area contributed by atoms with Crippen molar-refractivity contribution in [2.75, 3.05) is 19.4 Å². The van der Waals surface area contributed by atoms with E-state index in [0.29, 0.717) is 10.7 Å². The quantitative estimate of drug-likeness (QED) is 0.941. The van der Waals surface area contributed by atoms with Gasteiger partial charge in [-0.1, -0.05) is 6.07 Å². The Morgan fingerprint density at radius 2 is 2.05 bits per heavy atom. The molecule has 1 aromatic heterocycles. The van der Waals surface area contributed by atoms with Crippen LogP contribution in [0.15, 0.2) is 23.6 Å². The van der Waals surface area contributed by atoms with Crippen LogP contribution in [0.3, 0.4) is 0 Å². The van der Waals surface area contributed by atoms with Crippen molar-refractivity contribution in [2.45, 2.75) is 20.4 Å². The Balaban J connectivity index is 2.07. The third-order valence-electron chi connectivity index (χ3n) is 3.02. The first-order chi connectivity index (χ1) is 9.45. The summed E-state index contributed by atoms with van der Waals surface area (Å²) in [5.41, 5.74) is 3.93. The number of rotatable bonds is 4. The van der Waals surface area contributed by atoms with Crippen molar-refractivity contribution in [1.29, 1.82) is 0 Å². The Kier molecular flexibility index (Phi) is 4.52. The van der Waals surface area contributed by atoms with Crippen LogP contribution in [0, 0.1) is 13.8 Å². The molecule has 2 aromatic rings. The maximum absolute atomic E-state index is 12.2. The molecule has 1 heterocycles. The maximum Gasteiger partial charge on any atom is 0.257 e. The summed E-state index contributed by atoms with van der Waals surface area (Å²) in [6, 6.07) is 5.70. The number of hydrogen-bond donors (Lipinski definition) is 1. The minimum Gasteiger partial charge on any atom is -0.304 e. The number of amides is 1. The van der Waals surface area contributed by atoms with Crippen molar-refractivity contribution in [3.05, 3.63) is 46.0 Å². The van der Waals surface area contributed by atoms with Crippen LogP contribution < -0.4 is 5.32 Å². The van der Waals surface area contributed by atoms with E-state index in [1.165, 1.54) is 16.9 Å². The Hall–Kier alpha value is -1.72. The topological polar surface area (TPSA) is 45.2 Å². The molecule has 0 saturated heterocycles. The third-order valence-corrected chi connectivity index (χ3v) is 3.83. The fraction of sp³-hybridized carbons (Fsp3) is 0.333. The molecule has 1 aromatic carbocycles. The van der Waals surface area contributed by atoms with Gasteiger partial charge in [-0.3, -0.25) is 10.1 Å². The highest BCUT2D eigenvalue weighted by Gasteiger charge is 2.10. The molecule has 5 heteroatoms. The minimum absolute atomic E-state index is 0.112. The second-order valence-corrected chi connectivity index (χ2v) is 5.99. The lowest BCUT2D eigenvalue weighted by Gasteiger charge is -2.06. The van der Waals surface area contributed by atoms with Crippen molar-refractivity contribution in [3.8, 4) is 0 Å². The van der Waals surface area contributed by atoms with Gasteiger partial charge in [0.1, 0.15) is 0 Å². The molecule has 2 rings (SSSR count). The molecule has 106 valence electrons. The SMILES string of the molecule is Cc1ccc(C(=O)Nc2nc(CN(C)C)cs2)cc1C. The highest BCUT2D eigenvalue weighted by Crippen LogP contribution is 2.18. The van der Waals surface area contributed by atoms with Gasteiger partial charge in [0.15, 0.2) is 5.13 Å². The molecule has 0 radical (unpaired) electrons. The molecule has 0 unspecified atom stereocenters. The average Bonchev–Trinajstić information content (AvgIpc) is 2.79. The van der Waals surface area contributed by atoms with E-state index < -0.39 is 0 Å². The van der Waals surface area contributed by atoms with E-state index in [-0.39, 0.29) is 5.91 Å². The summed E-state index contributed by atoms with van der Waals surface area (Å²) in [7, 11) is 3.99. The number of carbonyl (C=O) groups is 1. The number of hydrogen-bond acceptors (Lipinski definition) is 4. The zero-order chi connectivity index (χ0) is 14.7. The molecule has 0 fully saturated rings. The zero-order valence-corrected chi connectivity index (χ0v) is 13.0. The first-order valence-corrected chi connectivity index (χ1v) is 7.31. The molecule has 0 bridgehead atoms. The summed E-state index contributed by atoms with van der Waals surface area (Å²) in [4.78, 5) is 18.6. The molecule has 0 saturated carbocycles. The first-order valence-electron chi connectivity index (χ1n) is 6.43. The summed E-state index contributed by atoms with van der Waals surface area (Å²) in [5.74, 6) is -0.112. The molecule has 0 aliphatic rings. The number of anilines is 1. The van der Waals surface area contributed by atoms with Crippen molar-refractivity contribution < 1.29 is 4.79 Å². The second kappa shape index (κ2) is 6.15. The van der Waals surface area contributed by atoms with Crippen LogP contribution in [0.2, 0.25) is 0 Å². The highest BCUT2D eigenvalue weighted by atomic mass is 32.1. The number of carbonyl (C=O) groups excluding carboxylic acids is 1. The molecule has 0 aliphatic carbocycles. The van der Waals surface area contributed by atoms with Crippen LogP contribution in [0.5, 0.6) is 0 Å². The van der Waals surface area contributed by atoms with Gasteiger partial charge in [0, 0.05) is 17.5 Å². The number of aromatic nitrogens is 1. The Labute approximate surface area is 123 Å². The standard InChI is InChI=1S/C15H19N3OS/c1-10-5-6-12(7-11(10)2)14(19)17-15-16-13(9-20-15)8-18(3)4/h5-7,9H,8H2,1-4H3,(H,16,17,19). The normalized spacial score (nSPS) is 10.8. The minimum atomic E-state index is -0.112. The van der Waals surface area contributed by atoms with E-state index in [2.05, 4.69) is 10.3 Å². The van der Waals surface area contributed by atoms with E-state index in [1.54, 1.807) is 0 Å². The van der Waals surface area contributed by atoms with Crippen molar-refractivity contribution in [3.63, 3.8) is 0 Å². The van der Waals surface area contributed by atoms with E-state index in [0.717, 1.165) is 17.8 Å². The fourth-order valence-electron chi connectivity index (χ4n) is 1.81. The summed E-state index contributed by atoms with van der Waals surface area (Å²) in [6.45, 7) is 4.81. The zero-order valence-electron chi connectivity index (χ0n) is 12.2. The van der Waals surface area contributed by atoms with E-state index in [4.69, 9.17) is 0 Å². The lowest BCUT2D eigenvalue weighted by Crippen LogP contribution is -2.13. The van der Waals surface area contributed by atoms with Gasteiger partial charge in [-0.2, -0.15) is 0 Å². The summed E-state index contributed by atoms with van der Waals surface area (Å²) >= 11 is 1.45. The number of aryl methyl sites for hydroxylation is 2. The molecule has 1 N–H and O–H groups in total. The van der Waals surface area contributed by atoms with Gasteiger partial charge in [-0.15, -0.1) is 11.3 Å². The fourth-order valence-corrected chi connectivity index (χ4v) is 2.51. The van der Waals surface area contributed by atoms with Gasteiger partial charge < -0.3 is 4.90 Å². The van der Waals surface area contributed by atoms with Gasteiger partial charge in [0.05, 0.1) is 5.69 Å². The molecular weight excluding hydrogens is 270 g/mol. The van der Waals surface area contributed by atoms with Gasteiger partial charge in [-0.25, -0.2) is 4.98 Å². The highest BCUT2D eigenvalue weighted by molar-refractivity contribution is 7.13. The largest absolute Gasteiger partial charge is 0.304 e. The van der Waals surface area contributed by atoms with Gasteiger partial charge in [-0.05, 0) is 51.2 Å². The molecule has 4 nitrogen and oxygen atoms in total. The lowest BCUT2D eigenvalue weighted by atomic mass is 10.1. The molecule has 0 spiro atoms. The number of nitrogens with one attached hydrogen (secondary N) is 1. The molecule has 1 amide bonds. The molecule has 0 aliphatic heterocycles. The van der Waals surface area contributed by atoms with Crippen LogP contribution in [0.1, 0.15) is 27.2 Å². The summed E-state index contributed by atoms with van der Waals surface area (Å²) in [6.07, 6.45) is 0. The van der Waals surface area contributed by atoms with Crippen LogP contribution in [-0.4, -0.2) is 29.9 Å². The van der Waals surface area contributed by atoms with Crippen LogP contribution in [0.4, 0.5) is 5.13 Å². The monoisotopic (exact) mass is 289 g/mol. The van der Waals surface area contributed by atoms with Crippen molar-refractivity contribution in [2.24, 2.45) is 0 Å². The second-order valence-electron chi connectivity index (χ2n) is 5.13. The number of benzene rings is 1. The first kappa shape index (κ1) is 14.7. The van der Waals surface area contributed by atoms with Crippen molar-refractivity contribution >= 4 is 22.4 Å². The summed E-state index contributed by atoms with van der Waals surface area (Å²) in [5, 5.41) is 5.46. The predicted octanol–water partition coefficient (Wildman–Crippen LogP) is 3.07. The molecular formula is C15H19N3OS. The smallest absolute Gasteiger partial charge is 0.257 e. The van der Waals surface area contributed by atoms with Gasteiger partial charge in [0.25, 0.3) is 5.91 Å². The average molecular weight is 289 g/mol. The van der Waals surface area contributed by atoms with E-state index in [9.17, 15) is 4.79 Å². The summed E-state index contributed by atoms with van der Waals surface area (Å²) < 4.78 is 0.